The minimum absolute atomic E-state index is 0.00994. The molecule has 6 atom stereocenters. The minimum Gasteiger partial charge on any atom is -0.370 e. The lowest BCUT2D eigenvalue weighted by atomic mass is 9.88. The number of nitrogens with one attached hydrogen (secondary N) is 4. The Morgan fingerprint density at radius 2 is 0.605 bits per heavy atom. The third-order valence-corrected chi connectivity index (χ3v) is 11.6. The van der Waals surface area contributed by atoms with E-state index in [0.29, 0.717) is 12.8 Å². The predicted molar refractivity (Wildman–Crippen MR) is 293 cm³/mol. The van der Waals surface area contributed by atoms with Crippen LogP contribution in [0.25, 0.3) is 0 Å². The molecule has 0 heterocycles. The van der Waals surface area contributed by atoms with E-state index >= 15 is 0 Å². The molecule has 0 bridgehead atoms. The van der Waals surface area contributed by atoms with Crippen molar-refractivity contribution in [3.05, 3.63) is 0 Å². The SMILES string of the molecule is CC(=O)N[C@@H](CCCN=C(N)N)C(=O)C[C@@H](CCCN=C(N)N)C(=O)N[C@@H](CCCN=C(N)N)C(=O)C[C@@H](CCCN=C(N)N)C(=O)N[C@@H](CCCN=C(N)N)C(=O)C[C@@H](CCCN=C(N)N)C(=O)NCC(=O)C(C)C. The summed E-state index contributed by atoms with van der Waals surface area (Å²) in [5.41, 5.74) is 66.2. The summed E-state index contributed by atoms with van der Waals surface area (Å²) in [5, 5.41) is 10.8. The van der Waals surface area contributed by atoms with E-state index in [1.54, 1.807) is 13.8 Å². The molecule has 0 spiro atoms. The Morgan fingerprint density at radius 1 is 0.355 bits per heavy atom. The molecular formula is C46H88N22O8. The molecule has 0 aliphatic heterocycles. The highest BCUT2D eigenvalue weighted by Gasteiger charge is 2.34. The topological polar surface area (TPSA) is 571 Å². The third-order valence-electron chi connectivity index (χ3n) is 11.6. The summed E-state index contributed by atoms with van der Waals surface area (Å²) >= 11 is 0. The molecule has 0 rings (SSSR count). The third kappa shape index (κ3) is 33.8. The smallest absolute Gasteiger partial charge is 0.224 e. The molecule has 0 saturated heterocycles. The van der Waals surface area contributed by atoms with Crippen LogP contribution in [0.5, 0.6) is 0 Å². The number of Topliss-reactive ketones (excluding diaryl/α,β-unsaturated/α-hetero) is 4. The van der Waals surface area contributed by atoms with E-state index in [0.717, 1.165) is 0 Å². The first-order chi connectivity index (χ1) is 35.7. The number of carbonyl (C=O) groups is 8. The molecule has 4 amide bonds. The van der Waals surface area contributed by atoms with Crippen molar-refractivity contribution in [3.8, 4) is 0 Å². The number of rotatable bonds is 42. The fourth-order valence-corrected chi connectivity index (χ4v) is 7.57. The van der Waals surface area contributed by atoms with Crippen molar-refractivity contribution in [2.45, 2.75) is 135 Å². The maximum Gasteiger partial charge on any atom is 0.224 e. The van der Waals surface area contributed by atoms with Crippen LogP contribution < -0.4 is 90.1 Å². The molecule has 430 valence electrons. The van der Waals surface area contributed by atoms with Crippen LogP contribution in [0.3, 0.4) is 0 Å². The molecule has 0 saturated carbocycles. The molecule has 0 aromatic rings. The zero-order valence-electron chi connectivity index (χ0n) is 44.5. The molecule has 28 N–H and O–H groups in total. The Hall–Kier alpha value is -7.82. The quantitative estimate of drug-likeness (QED) is 0.0154. The zero-order valence-corrected chi connectivity index (χ0v) is 44.5. The molecule has 0 unspecified atom stereocenters. The first-order valence-electron chi connectivity index (χ1n) is 25.3. The number of nitrogens with two attached hydrogens (primary N) is 12. The van der Waals surface area contributed by atoms with Gasteiger partial charge < -0.3 is 90.1 Å². The molecular weight excluding hydrogens is 989 g/mol. The van der Waals surface area contributed by atoms with Gasteiger partial charge >= 0.3 is 0 Å². The summed E-state index contributed by atoms with van der Waals surface area (Å²) in [7, 11) is 0. The van der Waals surface area contributed by atoms with E-state index in [9.17, 15) is 38.4 Å². The molecule has 0 aliphatic rings. The monoisotopic (exact) mass is 1080 g/mol. The molecule has 30 heteroatoms. The van der Waals surface area contributed by atoms with Crippen LogP contribution in [0, 0.1) is 23.7 Å². The number of aliphatic imine (C=N–C) groups is 6. The van der Waals surface area contributed by atoms with Crippen molar-refractivity contribution < 1.29 is 38.4 Å². The molecule has 30 nitrogen and oxygen atoms in total. The average Bonchev–Trinajstić information content (AvgIpc) is 3.32. The Kier molecular flexibility index (Phi) is 34.7. The van der Waals surface area contributed by atoms with Crippen molar-refractivity contribution >= 4 is 82.5 Å². The Labute approximate surface area is 444 Å². The molecule has 0 aromatic carbocycles. The van der Waals surface area contributed by atoms with Gasteiger partial charge in [-0.1, -0.05) is 13.8 Å². The number of hydrogen-bond acceptors (Lipinski definition) is 14. The zero-order chi connectivity index (χ0) is 57.8. The van der Waals surface area contributed by atoms with Crippen LogP contribution in [0.15, 0.2) is 30.0 Å². The first kappa shape index (κ1) is 68.2. The van der Waals surface area contributed by atoms with Crippen LogP contribution in [0.2, 0.25) is 0 Å². The van der Waals surface area contributed by atoms with Crippen LogP contribution in [-0.4, -0.2) is 146 Å². The Bertz CT molecular complexity index is 2050. The maximum absolute atomic E-state index is 14.6. The van der Waals surface area contributed by atoms with E-state index in [1.807, 2.05) is 0 Å². The minimum atomic E-state index is -1.26. The van der Waals surface area contributed by atoms with Crippen LogP contribution in [0.4, 0.5) is 0 Å². The van der Waals surface area contributed by atoms with Gasteiger partial charge in [0, 0.05) is 89.1 Å². The van der Waals surface area contributed by atoms with Gasteiger partial charge in [-0.25, -0.2) is 0 Å². The van der Waals surface area contributed by atoms with Crippen molar-refractivity contribution in [2.75, 3.05) is 45.8 Å². The summed E-state index contributed by atoms with van der Waals surface area (Å²) in [6.45, 7) is 4.99. The van der Waals surface area contributed by atoms with Gasteiger partial charge in [0.15, 0.2) is 58.9 Å². The molecule has 0 fully saturated rings. The molecule has 0 radical (unpaired) electrons. The fraction of sp³-hybridized carbons (Fsp3) is 0.696. The number of guanidine groups is 6. The van der Waals surface area contributed by atoms with Gasteiger partial charge in [0.05, 0.1) is 24.7 Å². The highest BCUT2D eigenvalue weighted by Crippen LogP contribution is 2.21. The molecule has 76 heavy (non-hydrogen) atoms. The van der Waals surface area contributed by atoms with Gasteiger partial charge in [-0.15, -0.1) is 0 Å². The summed E-state index contributed by atoms with van der Waals surface area (Å²) in [6.07, 6.45) is 0.619. The van der Waals surface area contributed by atoms with Crippen molar-refractivity contribution in [2.24, 2.45) is 122 Å². The molecule has 0 aliphatic carbocycles. The summed E-state index contributed by atoms with van der Waals surface area (Å²) in [4.78, 5) is 133. The van der Waals surface area contributed by atoms with E-state index in [1.165, 1.54) is 6.92 Å². The van der Waals surface area contributed by atoms with Gasteiger partial charge in [-0.3, -0.25) is 68.3 Å². The lowest BCUT2D eigenvalue weighted by Crippen LogP contribution is -2.48. The summed E-state index contributed by atoms with van der Waals surface area (Å²) < 4.78 is 0. The molecule has 0 aromatic heterocycles. The summed E-state index contributed by atoms with van der Waals surface area (Å²) in [5.74, 6) is -8.93. The number of amides is 4. The van der Waals surface area contributed by atoms with Gasteiger partial charge in [0.25, 0.3) is 0 Å². The van der Waals surface area contributed by atoms with Crippen molar-refractivity contribution in [1.29, 1.82) is 0 Å². The first-order valence-corrected chi connectivity index (χ1v) is 25.3. The van der Waals surface area contributed by atoms with E-state index in [4.69, 9.17) is 68.8 Å². The number of ketones is 4. The maximum atomic E-state index is 14.6. The number of hydrogen-bond donors (Lipinski definition) is 16. The van der Waals surface area contributed by atoms with Crippen molar-refractivity contribution in [1.82, 2.24) is 21.3 Å². The van der Waals surface area contributed by atoms with E-state index in [2.05, 4.69) is 51.2 Å². The normalized spacial score (nSPS) is 13.1. The van der Waals surface area contributed by atoms with Crippen LogP contribution in [0.1, 0.15) is 117 Å². The summed E-state index contributed by atoms with van der Waals surface area (Å²) in [6, 6.07) is -3.48. The van der Waals surface area contributed by atoms with E-state index < -0.39 is 83.3 Å². The van der Waals surface area contributed by atoms with Gasteiger partial charge in [-0.2, -0.15) is 0 Å². The second-order valence-corrected chi connectivity index (χ2v) is 18.5. The lowest BCUT2D eigenvalue weighted by Gasteiger charge is -2.26. The fourth-order valence-electron chi connectivity index (χ4n) is 7.57. The average molecular weight is 1080 g/mol. The second-order valence-electron chi connectivity index (χ2n) is 18.5. The van der Waals surface area contributed by atoms with Crippen LogP contribution >= 0.6 is 0 Å². The number of nitrogens with zero attached hydrogens (tertiary/aromatic N) is 6. The van der Waals surface area contributed by atoms with Gasteiger partial charge in [-0.05, 0) is 77.0 Å². The highest BCUT2D eigenvalue weighted by molar-refractivity contribution is 5.97. The van der Waals surface area contributed by atoms with Crippen molar-refractivity contribution in [3.63, 3.8) is 0 Å². The lowest BCUT2D eigenvalue weighted by molar-refractivity contribution is -0.136. The Balaban J connectivity index is 7.18. The van der Waals surface area contributed by atoms with Gasteiger partial charge in [0.2, 0.25) is 23.6 Å². The standard InChI is InChI=1S/C46H88N22O8/c1-26(2)37(73)25-65-38(74)28(10-4-16-59-41(47)48)22-35(71)32(14-8-20-63-45(55)56)67-40(76)30(12-6-18-61-43(51)52)24-36(72)33(15-9-21-64-46(57)58)68-39(75)29(11-5-17-60-42(49)50)23-34(70)31(66-27(3)69)13-7-19-62-44(53)54/h26,28-33H,4-25H2,1-3H3,(H,65,74)(H,66,69)(H,67,76)(H,68,75)(H4,47,48,59)(H4,49,50,60)(H4,51,52,61)(H4,53,54,62)(H4,55,56,63)(H4,57,58,64)/t28-,29-,30-,31+,32+,33+/m1/s1. The number of carbonyl (C=O) groups excluding carboxylic acids is 8. The second kappa shape index (κ2) is 38.7. The Morgan fingerprint density at radius 3 is 0.855 bits per heavy atom. The highest BCUT2D eigenvalue weighted by atomic mass is 16.2. The predicted octanol–water partition coefficient (Wildman–Crippen LogP) is -5.15. The van der Waals surface area contributed by atoms with Crippen LogP contribution in [-0.2, 0) is 38.4 Å². The van der Waals surface area contributed by atoms with E-state index in [-0.39, 0.29) is 170 Å². The largest absolute Gasteiger partial charge is 0.370 e. The van der Waals surface area contributed by atoms with Gasteiger partial charge in [0.1, 0.15) is 0 Å².